The van der Waals surface area contributed by atoms with Gasteiger partial charge in [-0.1, -0.05) is 0 Å². The molecule has 0 atom stereocenters. The second-order valence-electron chi connectivity index (χ2n) is 2.73. The van der Waals surface area contributed by atoms with Gasteiger partial charge in [-0.25, -0.2) is 0 Å². The Kier molecular flexibility index (Phi) is 1.85. The molecule has 0 aromatic rings. The molecule has 0 unspecified atom stereocenters. The van der Waals surface area contributed by atoms with E-state index in [0.29, 0.717) is 6.61 Å². The Morgan fingerprint density at radius 1 is 1.64 bits per heavy atom. The van der Waals surface area contributed by atoms with Crippen molar-refractivity contribution in [2.45, 2.75) is 26.4 Å². The number of ether oxygens (including phenoxy) is 2. The summed E-state index contributed by atoms with van der Waals surface area (Å²) in [6.07, 6.45) is 0.0856. The minimum Gasteiger partial charge on any atom is -0.451 e. The third kappa shape index (κ3) is 1.50. The molecule has 4 heteroatoms. The molecule has 0 bridgehead atoms. The summed E-state index contributed by atoms with van der Waals surface area (Å²) in [4.78, 5) is 14.6. The summed E-state index contributed by atoms with van der Waals surface area (Å²) in [5, 5.41) is 0. The number of carbonyl (C=O) groups is 1. The van der Waals surface area contributed by atoms with Crippen LogP contribution in [0.4, 0.5) is 0 Å². The lowest BCUT2D eigenvalue weighted by atomic mass is 10.1. The maximum absolute atomic E-state index is 11.0. The standard InChI is InChI=1S/C7H11NO3/c1-4-10-6-8-5(9)7(2,3)11-6/h4H2,1-3H3. The number of hydrogen-bond acceptors (Lipinski definition) is 3. The first kappa shape index (κ1) is 8.04. The highest BCUT2D eigenvalue weighted by Crippen LogP contribution is 2.18. The first-order valence-electron chi connectivity index (χ1n) is 3.51. The number of aliphatic imine (C=N–C) groups is 1. The number of amides is 1. The van der Waals surface area contributed by atoms with E-state index in [9.17, 15) is 4.79 Å². The Bertz CT molecular complexity index is 208. The number of carbonyl (C=O) groups excluding carboxylic acids is 1. The third-order valence-corrected chi connectivity index (χ3v) is 1.32. The van der Waals surface area contributed by atoms with E-state index in [1.807, 2.05) is 6.92 Å². The lowest BCUT2D eigenvalue weighted by Gasteiger charge is -2.14. The molecular formula is C7H11NO3. The average Bonchev–Trinajstić information content (AvgIpc) is 2.08. The topological polar surface area (TPSA) is 47.9 Å². The second-order valence-corrected chi connectivity index (χ2v) is 2.73. The molecule has 0 spiro atoms. The van der Waals surface area contributed by atoms with Gasteiger partial charge in [-0.15, -0.1) is 4.99 Å². The van der Waals surface area contributed by atoms with Crippen LogP contribution in [0.15, 0.2) is 4.99 Å². The van der Waals surface area contributed by atoms with E-state index >= 15 is 0 Å². The fraction of sp³-hybridized carbons (Fsp3) is 0.714. The van der Waals surface area contributed by atoms with Crippen molar-refractivity contribution in [3.8, 4) is 0 Å². The molecule has 0 radical (unpaired) electrons. The van der Waals surface area contributed by atoms with Crippen LogP contribution >= 0.6 is 0 Å². The minimum absolute atomic E-state index is 0.0856. The molecule has 4 nitrogen and oxygen atoms in total. The van der Waals surface area contributed by atoms with Crippen LogP contribution in [0.1, 0.15) is 20.8 Å². The molecule has 0 saturated heterocycles. The molecule has 0 aromatic carbocycles. The van der Waals surface area contributed by atoms with E-state index in [1.165, 1.54) is 0 Å². The lowest BCUT2D eigenvalue weighted by molar-refractivity contribution is -0.128. The fourth-order valence-electron chi connectivity index (χ4n) is 0.688. The summed E-state index contributed by atoms with van der Waals surface area (Å²) in [6.45, 7) is 5.58. The van der Waals surface area contributed by atoms with Gasteiger partial charge in [-0.3, -0.25) is 4.79 Å². The predicted molar refractivity (Wildman–Crippen MR) is 39.2 cm³/mol. The molecule has 1 aliphatic heterocycles. The zero-order chi connectivity index (χ0) is 8.48. The van der Waals surface area contributed by atoms with Crippen LogP contribution in [0.3, 0.4) is 0 Å². The van der Waals surface area contributed by atoms with E-state index in [0.717, 1.165) is 0 Å². The van der Waals surface area contributed by atoms with Gasteiger partial charge in [0.1, 0.15) is 0 Å². The molecule has 0 aliphatic carbocycles. The summed E-state index contributed by atoms with van der Waals surface area (Å²) in [6, 6.07) is 0. The van der Waals surface area contributed by atoms with E-state index in [4.69, 9.17) is 9.47 Å². The van der Waals surface area contributed by atoms with Gasteiger partial charge in [0.15, 0.2) is 5.60 Å². The van der Waals surface area contributed by atoms with Crippen LogP contribution in [0.2, 0.25) is 0 Å². The number of nitrogens with zero attached hydrogens (tertiary/aromatic N) is 1. The van der Waals surface area contributed by atoms with Crippen molar-refractivity contribution in [1.29, 1.82) is 0 Å². The normalized spacial score (nSPS) is 21.0. The highest BCUT2D eigenvalue weighted by Gasteiger charge is 2.38. The minimum atomic E-state index is -0.843. The molecule has 1 rings (SSSR count). The maximum Gasteiger partial charge on any atom is 0.392 e. The zero-order valence-corrected chi connectivity index (χ0v) is 6.88. The quantitative estimate of drug-likeness (QED) is 0.563. The Balaban J connectivity index is 2.64. The van der Waals surface area contributed by atoms with Crippen molar-refractivity contribution in [3.63, 3.8) is 0 Å². The molecule has 11 heavy (non-hydrogen) atoms. The van der Waals surface area contributed by atoms with E-state index < -0.39 is 5.60 Å². The van der Waals surface area contributed by atoms with Crippen LogP contribution < -0.4 is 0 Å². The van der Waals surface area contributed by atoms with Gasteiger partial charge in [0.25, 0.3) is 5.91 Å². The highest BCUT2D eigenvalue weighted by molar-refractivity contribution is 5.98. The maximum atomic E-state index is 11.0. The SMILES string of the molecule is CCOC1=NC(=O)C(C)(C)O1. The zero-order valence-electron chi connectivity index (χ0n) is 6.88. The first-order chi connectivity index (χ1) is 5.06. The van der Waals surface area contributed by atoms with E-state index in [2.05, 4.69) is 4.99 Å². The van der Waals surface area contributed by atoms with Crippen molar-refractivity contribution >= 4 is 12.0 Å². The molecule has 1 aliphatic rings. The molecule has 62 valence electrons. The third-order valence-electron chi connectivity index (χ3n) is 1.32. The number of hydrogen-bond donors (Lipinski definition) is 0. The fourth-order valence-corrected chi connectivity index (χ4v) is 0.688. The van der Waals surface area contributed by atoms with Gasteiger partial charge in [-0.2, -0.15) is 0 Å². The molecule has 1 amide bonds. The summed E-state index contributed by atoms with van der Waals surface area (Å²) < 4.78 is 10.00. The highest BCUT2D eigenvalue weighted by atomic mass is 16.7. The molecular weight excluding hydrogens is 146 g/mol. The van der Waals surface area contributed by atoms with Crippen molar-refractivity contribution in [2.75, 3.05) is 6.61 Å². The number of rotatable bonds is 1. The Labute approximate surface area is 65.2 Å². The van der Waals surface area contributed by atoms with Gasteiger partial charge in [0.05, 0.1) is 6.61 Å². The monoisotopic (exact) mass is 157 g/mol. The summed E-state index contributed by atoms with van der Waals surface area (Å²) in [5.74, 6) is -0.291. The van der Waals surface area contributed by atoms with Crippen molar-refractivity contribution in [2.24, 2.45) is 4.99 Å². The second kappa shape index (κ2) is 2.53. The Hall–Kier alpha value is -1.06. The summed E-state index contributed by atoms with van der Waals surface area (Å²) >= 11 is 0. The lowest BCUT2D eigenvalue weighted by Crippen LogP contribution is -2.29. The van der Waals surface area contributed by atoms with Crippen LogP contribution in [0, 0.1) is 0 Å². The van der Waals surface area contributed by atoms with Gasteiger partial charge < -0.3 is 9.47 Å². The Morgan fingerprint density at radius 3 is 2.64 bits per heavy atom. The summed E-state index contributed by atoms with van der Waals surface area (Å²) in [5.41, 5.74) is -0.843. The molecule has 1 heterocycles. The van der Waals surface area contributed by atoms with Crippen molar-refractivity contribution in [1.82, 2.24) is 0 Å². The molecule has 0 saturated carbocycles. The van der Waals surface area contributed by atoms with E-state index in [1.54, 1.807) is 13.8 Å². The Morgan fingerprint density at radius 2 is 2.27 bits per heavy atom. The van der Waals surface area contributed by atoms with Gasteiger partial charge in [0.2, 0.25) is 0 Å². The van der Waals surface area contributed by atoms with Crippen LogP contribution in [0.25, 0.3) is 0 Å². The van der Waals surface area contributed by atoms with Crippen molar-refractivity contribution in [3.05, 3.63) is 0 Å². The van der Waals surface area contributed by atoms with Crippen LogP contribution in [0.5, 0.6) is 0 Å². The molecule has 0 aromatic heterocycles. The smallest absolute Gasteiger partial charge is 0.392 e. The van der Waals surface area contributed by atoms with Gasteiger partial charge in [-0.05, 0) is 20.8 Å². The van der Waals surface area contributed by atoms with Crippen molar-refractivity contribution < 1.29 is 14.3 Å². The van der Waals surface area contributed by atoms with Gasteiger partial charge in [0, 0.05) is 0 Å². The first-order valence-corrected chi connectivity index (χ1v) is 3.51. The van der Waals surface area contributed by atoms with E-state index in [-0.39, 0.29) is 12.0 Å². The summed E-state index contributed by atoms with van der Waals surface area (Å²) in [7, 11) is 0. The largest absolute Gasteiger partial charge is 0.451 e. The average molecular weight is 157 g/mol. The van der Waals surface area contributed by atoms with Crippen LogP contribution in [-0.4, -0.2) is 24.2 Å². The molecule has 0 fully saturated rings. The van der Waals surface area contributed by atoms with Crippen LogP contribution in [-0.2, 0) is 14.3 Å². The predicted octanol–water partition coefficient (Wildman–Crippen LogP) is 0.714. The molecule has 0 N–H and O–H groups in total. The van der Waals surface area contributed by atoms with Gasteiger partial charge >= 0.3 is 6.08 Å².